The summed E-state index contributed by atoms with van der Waals surface area (Å²) in [6.45, 7) is 9.46. The van der Waals surface area contributed by atoms with Gasteiger partial charge in [0, 0.05) is 25.7 Å². The molecule has 6 atom stereocenters. The fourth-order valence-electron chi connectivity index (χ4n) is 9.85. The smallest absolute Gasteiger partial charge is 0.462 e. The van der Waals surface area contributed by atoms with E-state index in [4.69, 9.17) is 37.0 Å². The number of ether oxygens (including phenoxy) is 4. The van der Waals surface area contributed by atoms with Gasteiger partial charge < -0.3 is 33.8 Å². The van der Waals surface area contributed by atoms with Gasteiger partial charge >= 0.3 is 39.5 Å². The van der Waals surface area contributed by atoms with Crippen LogP contribution in [0.5, 0.6) is 0 Å². The molecule has 19 heteroatoms. The number of unbranched alkanes of at least 4 members (excludes halogenated alkanes) is 34. The van der Waals surface area contributed by atoms with Crippen molar-refractivity contribution in [1.82, 2.24) is 0 Å². The number of carbonyl (C=O) groups excluding carboxylic acids is 4. The average Bonchev–Trinajstić information content (AvgIpc) is 3.58. The highest BCUT2D eigenvalue weighted by atomic mass is 31.2. The third kappa shape index (κ3) is 59.5. The maximum atomic E-state index is 13.0. The van der Waals surface area contributed by atoms with Gasteiger partial charge in [-0.25, -0.2) is 9.13 Å². The van der Waals surface area contributed by atoms with Crippen molar-refractivity contribution in [2.24, 2.45) is 11.8 Å². The van der Waals surface area contributed by atoms with E-state index in [1.165, 1.54) is 141 Å². The first-order valence-electron chi connectivity index (χ1n) is 34.5. The van der Waals surface area contributed by atoms with Crippen molar-refractivity contribution < 1.29 is 80.2 Å². The SMILES string of the molecule is CCCCCCCCCCCCCC(=O)OC[C@H](COP(=O)(O)OC[C@@H](O)COP(=O)(O)OC[C@@H](COC(=O)CCCCCCCCC(C)CC)OC(=O)CCCCCCCCCCCCC)OC(=O)CCCCCCCCCCCCC(C)C. The first-order valence-corrected chi connectivity index (χ1v) is 37.5. The zero-order valence-electron chi connectivity index (χ0n) is 54.9. The molecule has 3 N–H and O–H groups in total. The number of phosphoric ester groups is 2. The van der Waals surface area contributed by atoms with Crippen LogP contribution in [-0.2, 0) is 65.4 Å². The second kappa shape index (κ2) is 58.4. The average molecular weight is 1260 g/mol. The Labute approximate surface area is 517 Å². The highest BCUT2D eigenvalue weighted by Gasteiger charge is 2.30. The predicted molar refractivity (Wildman–Crippen MR) is 340 cm³/mol. The molecular formula is C66H128O17P2. The molecule has 85 heavy (non-hydrogen) atoms. The van der Waals surface area contributed by atoms with Crippen molar-refractivity contribution in [3.63, 3.8) is 0 Å². The Morgan fingerprint density at radius 2 is 0.600 bits per heavy atom. The Morgan fingerprint density at radius 1 is 0.341 bits per heavy atom. The van der Waals surface area contributed by atoms with Gasteiger partial charge in [0.05, 0.1) is 26.4 Å². The molecule has 0 aliphatic heterocycles. The number of rotatable bonds is 65. The molecule has 3 unspecified atom stereocenters. The quantitative estimate of drug-likeness (QED) is 0.0222. The number of aliphatic hydroxyl groups is 1. The zero-order valence-corrected chi connectivity index (χ0v) is 56.7. The van der Waals surface area contributed by atoms with Crippen molar-refractivity contribution in [2.75, 3.05) is 39.6 Å². The molecule has 504 valence electrons. The van der Waals surface area contributed by atoms with E-state index in [2.05, 4.69) is 41.5 Å². The summed E-state index contributed by atoms with van der Waals surface area (Å²) in [6, 6.07) is 0. The summed E-state index contributed by atoms with van der Waals surface area (Å²) in [5.41, 5.74) is 0. The van der Waals surface area contributed by atoms with Crippen LogP contribution in [0.25, 0.3) is 0 Å². The first kappa shape index (κ1) is 83.1. The van der Waals surface area contributed by atoms with Crippen LogP contribution >= 0.6 is 15.6 Å². The minimum Gasteiger partial charge on any atom is -0.462 e. The van der Waals surface area contributed by atoms with Gasteiger partial charge in [-0.3, -0.25) is 37.3 Å². The van der Waals surface area contributed by atoms with Crippen molar-refractivity contribution in [3.05, 3.63) is 0 Å². The molecular weight excluding hydrogens is 1130 g/mol. The Hall–Kier alpha value is -1.94. The maximum Gasteiger partial charge on any atom is 0.472 e. The van der Waals surface area contributed by atoms with Gasteiger partial charge in [0.1, 0.15) is 19.3 Å². The minimum absolute atomic E-state index is 0.106. The topological polar surface area (TPSA) is 237 Å². The molecule has 0 aromatic heterocycles. The fourth-order valence-corrected chi connectivity index (χ4v) is 11.4. The number of phosphoric acid groups is 2. The van der Waals surface area contributed by atoms with Gasteiger partial charge in [-0.05, 0) is 37.5 Å². The van der Waals surface area contributed by atoms with Crippen LogP contribution in [0.3, 0.4) is 0 Å². The van der Waals surface area contributed by atoms with E-state index >= 15 is 0 Å². The Balaban J connectivity index is 5.25. The normalized spacial score (nSPS) is 14.6. The maximum absolute atomic E-state index is 13.0. The summed E-state index contributed by atoms with van der Waals surface area (Å²) in [5, 5.41) is 10.6. The Morgan fingerprint density at radius 3 is 0.894 bits per heavy atom. The van der Waals surface area contributed by atoms with Crippen LogP contribution in [-0.4, -0.2) is 96.7 Å². The summed E-state index contributed by atoms with van der Waals surface area (Å²) in [5.74, 6) is -0.647. The molecule has 0 fully saturated rings. The Bertz CT molecular complexity index is 1670. The minimum atomic E-state index is -4.95. The molecule has 0 bridgehead atoms. The Kier molecular flexibility index (Phi) is 57.1. The lowest BCUT2D eigenvalue weighted by molar-refractivity contribution is -0.161. The van der Waals surface area contributed by atoms with Crippen LogP contribution in [0.1, 0.15) is 330 Å². The highest BCUT2D eigenvalue weighted by molar-refractivity contribution is 7.47. The second-order valence-corrected chi connectivity index (χ2v) is 27.5. The first-order chi connectivity index (χ1) is 40.9. The lowest BCUT2D eigenvalue weighted by Crippen LogP contribution is -2.30. The number of hydrogen-bond donors (Lipinski definition) is 3. The molecule has 17 nitrogen and oxygen atoms in total. The lowest BCUT2D eigenvalue weighted by Gasteiger charge is -2.21. The molecule has 0 amide bonds. The number of hydrogen-bond acceptors (Lipinski definition) is 15. The molecule has 0 radical (unpaired) electrons. The largest absolute Gasteiger partial charge is 0.472 e. The summed E-state index contributed by atoms with van der Waals surface area (Å²) in [7, 11) is -9.89. The van der Waals surface area contributed by atoms with E-state index in [0.29, 0.717) is 25.7 Å². The molecule has 0 saturated heterocycles. The molecule has 0 heterocycles. The van der Waals surface area contributed by atoms with Crippen molar-refractivity contribution in [1.29, 1.82) is 0 Å². The summed E-state index contributed by atoms with van der Waals surface area (Å²) in [4.78, 5) is 72.3. The van der Waals surface area contributed by atoms with Crippen molar-refractivity contribution in [3.8, 4) is 0 Å². The van der Waals surface area contributed by atoms with Crippen LogP contribution in [0.4, 0.5) is 0 Å². The van der Waals surface area contributed by atoms with Gasteiger partial charge in [-0.15, -0.1) is 0 Å². The zero-order chi connectivity index (χ0) is 62.9. The standard InChI is InChI=1S/C66H128O17P2/c1-7-10-12-14-16-18-20-25-29-36-42-48-63(68)76-54-61(82-66(71)51-45-39-31-27-23-22-24-28-34-40-46-58(4)5)56-80-84(72,73)78-52-60(67)53-79-85(74,75)81-57-62(55-77-64(69)49-43-37-33-32-35-41-47-59(6)9-3)83-65(70)50-44-38-30-26-21-19-17-15-13-11-8-2/h58-62,67H,7-57H2,1-6H3,(H,72,73)(H,74,75)/t59?,60-,61-,62-/m1/s1. The lowest BCUT2D eigenvalue weighted by atomic mass is 10.00. The third-order valence-corrected chi connectivity index (χ3v) is 17.5. The molecule has 0 aromatic rings. The molecule has 0 aromatic carbocycles. The van der Waals surface area contributed by atoms with Crippen LogP contribution < -0.4 is 0 Å². The summed E-state index contributed by atoms with van der Waals surface area (Å²) >= 11 is 0. The molecule has 0 saturated carbocycles. The number of carbonyl (C=O) groups is 4. The molecule has 0 aliphatic carbocycles. The number of aliphatic hydroxyl groups excluding tert-OH is 1. The van der Waals surface area contributed by atoms with Gasteiger partial charge in [0.2, 0.25) is 0 Å². The van der Waals surface area contributed by atoms with E-state index in [9.17, 15) is 43.2 Å². The van der Waals surface area contributed by atoms with Crippen molar-refractivity contribution in [2.45, 2.75) is 349 Å². The second-order valence-electron chi connectivity index (χ2n) is 24.6. The molecule has 0 rings (SSSR count). The summed E-state index contributed by atoms with van der Waals surface area (Å²) in [6.07, 6.45) is 41.6. The predicted octanol–water partition coefficient (Wildman–Crippen LogP) is 18.4. The van der Waals surface area contributed by atoms with E-state index in [-0.39, 0.29) is 25.7 Å². The highest BCUT2D eigenvalue weighted by Crippen LogP contribution is 2.45. The van der Waals surface area contributed by atoms with Crippen LogP contribution in [0.15, 0.2) is 0 Å². The van der Waals surface area contributed by atoms with E-state index < -0.39 is 97.5 Å². The van der Waals surface area contributed by atoms with E-state index in [0.717, 1.165) is 108 Å². The van der Waals surface area contributed by atoms with Crippen LogP contribution in [0, 0.1) is 11.8 Å². The van der Waals surface area contributed by atoms with Gasteiger partial charge in [0.15, 0.2) is 12.2 Å². The van der Waals surface area contributed by atoms with Crippen LogP contribution in [0.2, 0.25) is 0 Å². The summed E-state index contributed by atoms with van der Waals surface area (Å²) < 4.78 is 68.1. The number of esters is 4. The van der Waals surface area contributed by atoms with Gasteiger partial charge in [0.25, 0.3) is 0 Å². The van der Waals surface area contributed by atoms with Gasteiger partial charge in [-0.1, -0.05) is 279 Å². The third-order valence-electron chi connectivity index (χ3n) is 15.6. The molecule has 0 spiro atoms. The fraction of sp³-hybridized carbons (Fsp3) is 0.939. The van der Waals surface area contributed by atoms with E-state index in [1.807, 2.05) is 0 Å². The monoisotopic (exact) mass is 1250 g/mol. The molecule has 0 aliphatic rings. The van der Waals surface area contributed by atoms with E-state index in [1.54, 1.807) is 0 Å². The van der Waals surface area contributed by atoms with Crippen molar-refractivity contribution >= 4 is 39.5 Å². The van der Waals surface area contributed by atoms with Gasteiger partial charge in [-0.2, -0.15) is 0 Å².